The fourth-order valence-electron chi connectivity index (χ4n) is 3.42. The molecule has 3 rings (SSSR count). The molecule has 0 saturated carbocycles. The first-order valence-electron chi connectivity index (χ1n) is 9.02. The molecule has 0 spiro atoms. The van der Waals surface area contributed by atoms with Crippen LogP contribution in [-0.4, -0.2) is 39.8 Å². The molecule has 1 heterocycles. The number of benzene rings is 2. The number of carbonyl (C=O) groups excluding carboxylic acids is 1. The number of hydrogen-bond acceptors (Lipinski definition) is 4. The van der Waals surface area contributed by atoms with Crippen molar-refractivity contribution in [3.8, 4) is 11.5 Å². The molecular formula is C21H25ClN2O3. The number of anilines is 1. The highest BCUT2D eigenvalue weighted by Gasteiger charge is 2.24. The van der Waals surface area contributed by atoms with Crippen LogP contribution in [0.25, 0.3) is 0 Å². The number of methoxy groups -OCH3 is 2. The van der Waals surface area contributed by atoms with E-state index < -0.39 is 0 Å². The van der Waals surface area contributed by atoms with E-state index in [0.717, 1.165) is 24.5 Å². The minimum Gasteiger partial charge on any atom is -0.497 e. The van der Waals surface area contributed by atoms with E-state index in [4.69, 9.17) is 21.1 Å². The summed E-state index contributed by atoms with van der Waals surface area (Å²) in [7, 11) is 3.14. The van der Waals surface area contributed by atoms with Crippen molar-refractivity contribution in [3.63, 3.8) is 0 Å². The zero-order valence-electron chi connectivity index (χ0n) is 15.9. The third-order valence-electron chi connectivity index (χ3n) is 4.96. The number of nitrogens with zero attached hydrogens (tertiary/aromatic N) is 1. The van der Waals surface area contributed by atoms with E-state index in [9.17, 15) is 4.79 Å². The van der Waals surface area contributed by atoms with Crippen LogP contribution in [0, 0.1) is 12.8 Å². The SMILES string of the molecule is COc1cc(OC)cc(C(=O)NCC2CCN(c3cc(Cl)ccc3C)C2)c1. The van der Waals surface area contributed by atoms with Gasteiger partial charge in [0.25, 0.3) is 5.91 Å². The maximum absolute atomic E-state index is 12.5. The Hall–Kier alpha value is -2.40. The lowest BCUT2D eigenvalue weighted by atomic mass is 10.1. The average Bonchev–Trinajstić information content (AvgIpc) is 3.16. The molecule has 1 atom stereocenters. The zero-order valence-corrected chi connectivity index (χ0v) is 16.7. The van der Waals surface area contributed by atoms with E-state index in [0.29, 0.717) is 29.5 Å². The third kappa shape index (κ3) is 4.66. The van der Waals surface area contributed by atoms with Gasteiger partial charge in [-0.3, -0.25) is 4.79 Å². The van der Waals surface area contributed by atoms with Crippen LogP contribution in [0.2, 0.25) is 5.02 Å². The second kappa shape index (κ2) is 8.53. The number of halogens is 1. The Morgan fingerprint density at radius 3 is 2.56 bits per heavy atom. The lowest BCUT2D eigenvalue weighted by molar-refractivity contribution is 0.0947. The number of amides is 1. The summed E-state index contributed by atoms with van der Waals surface area (Å²) >= 11 is 6.15. The highest BCUT2D eigenvalue weighted by molar-refractivity contribution is 6.30. The molecule has 1 N–H and O–H groups in total. The van der Waals surface area contributed by atoms with Crippen molar-refractivity contribution in [3.05, 3.63) is 52.5 Å². The van der Waals surface area contributed by atoms with Crippen molar-refractivity contribution in [1.82, 2.24) is 5.32 Å². The highest BCUT2D eigenvalue weighted by Crippen LogP contribution is 2.29. The summed E-state index contributed by atoms with van der Waals surface area (Å²) in [6.45, 7) is 4.60. The Balaban J connectivity index is 1.59. The van der Waals surface area contributed by atoms with Gasteiger partial charge in [-0.1, -0.05) is 17.7 Å². The van der Waals surface area contributed by atoms with Gasteiger partial charge in [0.2, 0.25) is 0 Å². The van der Waals surface area contributed by atoms with Crippen LogP contribution >= 0.6 is 11.6 Å². The van der Waals surface area contributed by atoms with Crippen molar-refractivity contribution in [2.45, 2.75) is 13.3 Å². The predicted molar refractivity (Wildman–Crippen MR) is 108 cm³/mol. The van der Waals surface area contributed by atoms with Gasteiger partial charge in [0.1, 0.15) is 11.5 Å². The molecule has 1 aliphatic heterocycles. The molecule has 0 bridgehead atoms. The molecule has 0 aliphatic carbocycles. The first kappa shape index (κ1) is 19.4. The molecule has 0 aromatic heterocycles. The van der Waals surface area contributed by atoms with Gasteiger partial charge in [0, 0.05) is 42.0 Å². The lowest BCUT2D eigenvalue weighted by Crippen LogP contribution is -2.31. The van der Waals surface area contributed by atoms with E-state index in [1.54, 1.807) is 32.4 Å². The molecule has 1 unspecified atom stereocenters. The average molecular weight is 389 g/mol. The molecule has 6 heteroatoms. The fourth-order valence-corrected chi connectivity index (χ4v) is 3.59. The molecule has 144 valence electrons. The van der Waals surface area contributed by atoms with Crippen molar-refractivity contribution in [2.75, 3.05) is 38.8 Å². The first-order chi connectivity index (χ1) is 13.0. The highest BCUT2D eigenvalue weighted by atomic mass is 35.5. The molecule has 1 aliphatic rings. The van der Waals surface area contributed by atoms with E-state index in [1.807, 2.05) is 18.2 Å². The number of aryl methyl sites for hydroxylation is 1. The molecule has 1 saturated heterocycles. The van der Waals surface area contributed by atoms with Crippen LogP contribution in [0.5, 0.6) is 11.5 Å². The Bertz CT molecular complexity index is 803. The summed E-state index contributed by atoms with van der Waals surface area (Å²) in [4.78, 5) is 14.9. The fraction of sp³-hybridized carbons (Fsp3) is 0.381. The summed E-state index contributed by atoms with van der Waals surface area (Å²) in [6.07, 6.45) is 1.04. The standard InChI is InChI=1S/C21H25ClN2O3/c1-14-4-5-17(22)10-20(14)24-7-6-15(13-24)12-23-21(25)16-8-18(26-2)11-19(9-16)27-3/h4-5,8-11,15H,6-7,12-13H2,1-3H3,(H,23,25). The molecule has 1 amide bonds. The topological polar surface area (TPSA) is 50.8 Å². The van der Waals surface area contributed by atoms with Gasteiger partial charge in [-0.2, -0.15) is 0 Å². The number of carbonyl (C=O) groups is 1. The van der Waals surface area contributed by atoms with Crippen LogP contribution < -0.4 is 19.7 Å². The number of rotatable bonds is 6. The number of ether oxygens (including phenoxy) is 2. The van der Waals surface area contributed by atoms with Crippen molar-refractivity contribution in [2.24, 2.45) is 5.92 Å². The van der Waals surface area contributed by atoms with Gasteiger partial charge >= 0.3 is 0 Å². The summed E-state index contributed by atoms with van der Waals surface area (Å²) in [5.74, 6) is 1.48. The van der Waals surface area contributed by atoms with Gasteiger partial charge in [-0.25, -0.2) is 0 Å². The van der Waals surface area contributed by atoms with Crippen LogP contribution in [0.4, 0.5) is 5.69 Å². The molecule has 0 radical (unpaired) electrons. The number of hydrogen-bond donors (Lipinski definition) is 1. The summed E-state index contributed by atoms with van der Waals surface area (Å²) < 4.78 is 10.5. The summed E-state index contributed by atoms with van der Waals surface area (Å²) in [6, 6.07) is 11.2. The van der Waals surface area contributed by atoms with Crippen LogP contribution in [0.1, 0.15) is 22.3 Å². The summed E-state index contributed by atoms with van der Waals surface area (Å²) in [5.41, 5.74) is 2.92. The lowest BCUT2D eigenvalue weighted by Gasteiger charge is -2.21. The predicted octanol–water partition coefficient (Wildman–Crippen LogP) is 3.92. The normalized spacial score (nSPS) is 16.3. The van der Waals surface area contributed by atoms with Gasteiger partial charge in [0.15, 0.2) is 0 Å². The van der Waals surface area contributed by atoms with Gasteiger partial charge < -0.3 is 19.7 Å². The molecule has 2 aromatic rings. The van der Waals surface area contributed by atoms with Gasteiger partial charge in [-0.05, 0) is 49.1 Å². The Morgan fingerprint density at radius 1 is 1.19 bits per heavy atom. The van der Waals surface area contributed by atoms with Crippen molar-refractivity contribution in [1.29, 1.82) is 0 Å². The van der Waals surface area contributed by atoms with E-state index >= 15 is 0 Å². The van der Waals surface area contributed by atoms with Crippen molar-refractivity contribution >= 4 is 23.2 Å². The smallest absolute Gasteiger partial charge is 0.251 e. The van der Waals surface area contributed by atoms with Crippen molar-refractivity contribution < 1.29 is 14.3 Å². The van der Waals surface area contributed by atoms with Crippen LogP contribution in [0.15, 0.2) is 36.4 Å². The Labute approximate surface area is 165 Å². The molecule has 5 nitrogen and oxygen atoms in total. The maximum atomic E-state index is 12.5. The number of nitrogens with one attached hydrogen (secondary N) is 1. The largest absolute Gasteiger partial charge is 0.497 e. The van der Waals surface area contributed by atoms with Crippen LogP contribution in [-0.2, 0) is 0 Å². The van der Waals surface area contributed by atoms with E-state index in [1.165, 1.54) is 11.3 Å². The third-order valence-corrected chi connectivity index (χ3v) is 5.20. The molecule has 27 heavy (non-hydrogen) atoms. The quantitative estimate of drug-likeness (QED) is 0.814. The zero-order chi connectivity index (χ0) is 19.4. The minimum absolute atomic E-state index is 0.121. The molecular weight excluding hydrogens is 364 g/mol. The van der Waals surface area contributed by atoms with Crippen LogP contribution in [0.3, 0.4) is 0 Å². The second-order valence-electron chi connectivity index (χ2n) is 6.84. The summed E-state index contributed by atoms with van der Waals surface area (Å²) in [5, 5.41) is 3.79. The van der Waals surface area contributed by atoms with E-state index in [2.05, 4.69) is 17.1 Å². The first-order valence-corrected chi connectivity index (χ1v) is 9.40. The minimum atomic E-state index is -0.121. The monoisotopic (exact) mass is 388 g/mol. The molecule has 1 fully saturated rings. The Kier molecular flexibility index (Phi) is 6.11. The van der Waals surface area contributed by atoms with Gasteiger partial charge in [-0.15, -0.1) is 0 Å². The van der Waals surface area contributed by atoms with E-state index in [-0.39, 0.29) is 5.91 Å². The van der Waals surface area contributed by atoms with Gasteiger partial charge in [0.05, 0.1) is 14.2 Å². The second-order valence-corrected chi connectivity index (χ2v) is 7.28. The molecule has 2 aromatic carbocycles. The maximum Gasteiger partial charge on any atom is 0.251 e. The Morgan fingerprint density at radius 2 is 1.89 bits per heavy atom.